The second-order valence-corrected chi connectivity index (χ2v) is 6.51. The summed E-state index contributed by atoms with van der Waals surface area (Å²) in [5, 5.41) is 14.7. The molecule has 2 amide bonds. The smallest absolute Gasteiger partial charge is 0.258 e. The molecule has 1 aliphatic heterocycles. The molecule has 3 rings (SSSR count). The molecule has 1 unspecified atom stereocenters. The number of nitrogens with zero attached hydrogens (tertiary/aromatic N) is 2. The van der Waals surface area contributed by atoms with Crippen molar-refractivity contribution in [2.24, 2.45) is 5.10 Å². The first-order valence-corrected chi connectivity index (χ1v) is 8.47. The molecular weight excluding hydrogens is 354 g/mol. The lowest BCUT2D eigenvalue weighted by Gasteiger charge is -2.15. The highest BCUT2D eigenvalue weighted by Crippen LogP contribution is 2.26. The van der Waals surface area contributed by atoms with Gasteiger partial charge in [-0.25, -0.2) is 4.90 Å². The fraction of sp³-hybridized carbons (Fsp3) is 0.211. The molecule has 2 aromatic carbocycles. The Morgan fingerprint density at radius 1 is 1.27 bits per heavy atom. The van der Waals surface area contributed by atoms with Gasteiger partial charge in [0.15, 0.2) is 0 Å². The Balaban J connectivity index is 1.78. The summed E-state index contributed by atoms with van der Waals surface area (Å²) in [6.07, 6.45) is 0.0190. The van der Waals surface area contributed by atoms with E-state index in [2.05, 4.69) is 10.5 Å². The van der Waals surface area contributed by atoms with Crippen LogP contribution >= 0.6 is 11.6 Å². The summed E-state index contributed by atoms with van der Waals surface area (Å²) in [7, 11) is 0. The number of hydrazone groups is 1. The highest BCUT2D eigenvalue weighted by Gasteiger charge is 2.39. The number of aromatic hydroxyl groups is 1. The molecule has 1 saturated heterocycles. The molecule has 2 N–H and O–H groups in total. The molecule has 1 aliphatic rings. The second-order valence-electron chi connectivity index (χ2n) is 6.10. The van der Waals surface area contributed by atoms with Crippen LogP contribution in [0.1, 0.15) is 24.5 Å². The average molecular weight is 372 g/mol. The van der Waals surface area contributed by atoms with Crippen LogP contribution in [-0.2, 0) is 9.59 Å². The third-order valence-electron chi connectivity index (χ3n) is 4.22. The normalized spacial score (nSPS) is 17.7. The summed E-state index contributed by atoms with van der Waals surface area (Å²) in [5.74, 6) is -0.591. The number of hydrogen-bond acceptors (Lipinski definition) is 5. The molecule has 1 fully saturated rings. The lowest BCUT2D eigenvalue weighted by Crippen LogP contribution is -2.37. The minimum Gasteiger partial charge on any atom is -0.507 e. The number of imide groups is 1. The molecule has 0 aromatic heterocycles. The van der Waals surface area contributed by atoms with Crippen LogP contribution in [0.2, 0.25) is 5.02 Å². The summed E-state index contributed by atoms with van der Waals surface area (Å²) in [4.78, 5) is 25.9. The van der Waals surface area contributed by atoms with Crippen molar-refractivity contribution in [2.45, 2.75) is 26.3 Å². The molecule has 0 saturated carbocycles. The quantitative estimate of drug-likeness (QED) is 0.491. The van der Waals surface area contributed by atoms with E-state index < -0.39 is 6.04 Å². The third-order valence-corrected chi connectivity index (χ3v) is 4.62. The van der Waals surface area contributed by atoms with Crippen LogP contribution in [-0.4, -0.2) is 28.7 Å². The molecule has 7 heteroatoms. The van der Waals surface area contributed by atoms with E-state index in [1.807, 2.05) is 6.07 Å². The van der Waals surface area contributed by atoms with E-state index >= 15 is 0 Å². The van der Waals surface area contributed by atoms with Crippen molar-refractivity contribution in [1.82, 2.24) is 5.43 Å². The number of carbonyl (C=O) groups is 2. The fourth-order valence-corrected chi connectivity index (χ4v) is 2.94. The number of anilines is 1. The topological polar surface area (TPSA) is 82.0 Å². The monoisotopic (exact) mass is 371 g/mol. The van der Waals surface area contributed by atoms with Crippen LogP contribution in [0.25, 0.3) is 0 Å². The summed E-state index contributed by atoms with van der Waals surface area (Å²) >= 11 is 6.09. The van der Waals surface area contributed by atoms with Gasteiger partial charge in [0.25, 0.3) is 5.91 Å². The average Bonchev–Trinajstić information content (AvgIpc) is 2.90. The van der Waals surface area contributed by atoms with Gasteiger partial charge in [-0.05, 0) is 43.7 Å². The molecule has 0 radical (unpaired) electrons. The van der Waals surface area contributed by atoms with Crippen LogP contribution in [0.4, 0.5) is 5.69 Å². The zero-order valence-electron chi connectivity index (χ0n) is 14.4. The summed E-state index contributed by atoms with van der Waals surface area (Å²) in [6.45, 7) is 3.47. The van der Waals surface area contributed by atoms with Crippen molar-refractivity contribution in [3.63, 3.8) is 0 Å². The maximum Gasteiger partial charge on any atom is 0.258 e. The standard InChI is InChI=1S/C19H18ClN3O3/c1-11-8-17(24)14(9-15(11)20)12(2)21-22-16-10-18(25)23(19(16)26)13-6-4-3-5-7-13/h3-9,16,22,24H,10H2,1-2H3/b21-12+. The van der Waals surface area contributed by atoms with E-state index in [4.69, 9.17) is 11.6 Å². The number of phenolic OH excluding ortho intramolecular Hbond substituents is 1. The van der Waals surface area contributed by atoms with Crippen LogP contribution in [0.15, 0.2) is 47.6 Å². The van der Waals surface area contributed by atoms with Crippen molar-refractivity contribution < 1.29 is 14.7 Å². The molecular formula is C19H18ClN3O3. The first-order valence-electron chi connectivity index (χ1n) is 8.09. The molecule has 2 aromatic rings. The van der Waals surface area contributed by atoms with E-state index in [0.717, 1.165) is 10.5 Å². The maximum absolute atomic E-state index is 12.5. The largest absolute Gasteiger partial charge is 0.507 e. The van der Waals surface area contributed by atoms with Gasteiger partial charge >= 0.3 is 0 Å². The van der Waals surface area contributed by atoms with Gasteiger partial charge in [-0.2, -0.15) is 5.10 Å². The first-order chi connectivity index (χ1) is 12.4. The third kappa shape index (κ3) is 3.41. The number of hydrogen-bond donors (Lipinski definition) is 2. The SMILES string of the molecule is C/C(=N\NC1CC(=O)N(c2ccccc2)C1=O)c1cc(Cl)c(C)cc1O. The van der Waals surface area contributed by atoms with Crippen molar-refractivity contribution >= 4 is 34.8 Å². The number of amides is 2. The van der Waals surface area contributed by atoms with Gasteiger partial charge in [0.1, 0.15) is 11.8 Å². The minimum atomic E-state index is -0.749. The highest BCUT2D eigenvalue weighted by atomic mass is 35.5. The molecule has 0 bridgehead atoms. The first kappa shape index (κ1) is 17.9. The van der Waals surface area contributed by atoms with Crippen molar-refractivity contribution in [2.75, 3.05) is 4.90 Å². The van der Waals surface area contributed by atoms with Gasteiger partial charge in [-0.1, -0.05) is 29.8 Å². The van der Waals surface area contributed by atoms with E-state index in [9.17, 15) is 14.7 Å². The van der Waals surface area contributed by atoms with Gasteiger partial charge in [0.05, 0.1) is 17.8 Å². The second kappa shape index (κ2) is 7.17. The highest BCUT2D eigenvalue weighted by molar-refractivity contribution is 6.31. The molecule has 0 aliphatic carbocycles. The summed E-state index contributed by atoms with van der Waals surface area (Å²) in [6, 6.07) is 11.2. The predicted octanol–water partition coefficient (Wildman–Crippen LogP) is 3.00. The summed E-state index contributed by atoms with van der Waals surface area (Å²) in [5.41, 5.74) is 4.96. The van der Waals surface area contributed by atoms with Gasteiger partial charge < -0.3 is 5.11 Å². The number of halogens is 1. The lowest BCUT2D eigenvalue weighted by molar-refractivity contribution is -0.121. The van der Waals surface area contributed by atoms with E-state index in [-0.39, 0.29) is 24.0 Å². The number of para-hydroxylation sites is 1. The van der Waals surface area contributed by atoms with Gasteiger partial charge in [-0.15, -0.1) is 0 Å². The Kier molecular flexibility index (Phi) is 4.95. The van der Waals surface area contributed by atoms with Crippen LogP contribution < -0.4 is 10.3 Å². The Labute approximate surface area is 156 Å². The number of phenols is 1. The van der Waals surface area contributed by atoms with Crippen LogP contribution in [0, 0.1) is 6.92 Å². The van der Waals surface area contributed by atoms with E-state index in [1.165, 1.54) is 0 Å². The number of nitrogens with one attached hydrogen (secondary N) is 1. The number of aryl methyl sites for hydroxylation is 1. The van der Waals surface area contributed by atoms with Gasteiger partial charge in [0.2, 0.25) is 5.91 Å². The Bertz CT molecular complexity index is 896. The fourth-order valence-electron chi connectivity index (χ4n) is 2.77. The molecule has 1 heterocycles. The van der Waals surface area contributed by atoms with Gasteiger partial charge in [-0.3, -0.25) is 15.0 Å². The zero-order chi connectivity index (χ0) is 18.8. The van der Waals surface area contributed by atoms with E-state index in [1.54, 1.807) is 50.2 Å². The van der Waals surface area contributed by atoms with Crippen molar-refractivity contribution in [3.8, 4) is 5.75 Å². The van der Waals surface area contributed by atoms with Crippen LogP contribution in [0.5, 0.6) is 5.75 Å². The number of benzene rings is 2. The summed E-state index contributed by atoms with van der Waals surface area (Å²) < 4.78 is 0. The minimum absolute atomic E-state index is 0.0190. The zero-order valence-corrected chi connectivity index (χ0v) is 15.1. The maximum atomic E-state index is 12.5. The van der Waals surface area contributed by atoms with E-state index in [0.29, 0.717) is 22.0 Å². The Morgan fingerprint density at radius 3 is 2.65 bits per heavy atom. The van der Waals surface area contributed by atoms with Crippen LogP contribution in [0.3, 0.4) is 0 Å². The predicted molar refractivity (Wildman–Crippen MR) is 101 cm³/mol. The molecule has 6 nitrogen and oxygen atoms in total. The molecule has 0 spiro atoms. The number of rotatable bonds is 4. The Hall–Kier alpha value is -2.86. The molecule has 134 valence electrons. The number of carbonyl (C=O) groups excluding carboxylic acids is 2. The van der Waals surface area contributed by atoms with Crippen molar-refractivity contribution in [3.05, 3.63) is 58.6 Å². The molecule has 26 heavy (non-hydrogen) atoms. The van der Waals surface area contributed by atoms with Crippen molar-refractivity contribution in [1.29, 1.82) is 0 Å². The lowest BCUT2D eigenvalue weighted by atomic mass is 10.1. The van der Waals surface area contributed by atoms with Gasteiger partial charge in [0, 0.05) is 10.6 Å². The molecule has 1 atom stereocenters. The Morgan fingerprint density at radius 2 is 1.96 bits per heavy atom.